The molecule has 0 saturated heterocycles. The minimum atomic E-state index is -3.62. The third-order valence-corrected chi connectivity index (χ3v) is 4.15. The van der Waals surface area contributed by atoms with Crippen LogP contribution in [0, 0.1) is 17.8 Å². The molecule has 102 valence electrons. The first-order chi connectivity index (χ1) is 8.43. The molecule has 1 aliphatic rings. The summed E-state index contributed by atoms with van der Waals surface area (Å²) in [6, 6.07) is 0.324. The molecule has 0 radical (unpaired) electrons. The van der Waals surface area contributed by atoms with Crippen LogP contribution in [-0.4, -0.2) is 26.1 Å². The number of hydrogen-bond acceptors (Lipinski definition) is 3. The molecule has 5 nitrogen and oxygen atoms in total. The Bertz CT molecular complexity index is 455. The van der Waals surface area contributed by atoms with E-state index in [1.165, 1.54) is 0 Å². The van der Waals surface area contributed by atoms with E-state index in [9.17, 15) is 13.5 Å². The van der Waals surface area contributed by atoms with Crippen molar-refractivity contribution in [2.45, 2.75) is 45.1 Å². The van der Waals surface area contributed by atoms with Gasteiger partial charge in [-0.05, 0) is 25.2 Å². The van der Waals surface area contributed by atoms with Crippen LogP contribution in [0.1, 0.15) is 39.0 Å². The fourth-order valence-electron chi connectivity index (χ4n) is 1.39. The highest BCUT2D eigenvalue weighted by atomic mass is 32.2. The topological polar surface area (TPSA) is 97.2 Å². The summed E-state index contributed by atoms with van der Waals surface area (Å²) >= 11 is 0. The van der Waals surface area contributed by atoms with Crippen LogP contribution in [0.2, 0.25) is 0 Å². The van der Waals surface area contributed by atoms with Gasteiger partial charge in [-0.15, -0.1) is 0 Å². The Kier molecular flexibility index (Phi) is 5.63. The van der Waals surface area contributed by atoms with E-state index in [0.29, 0.717) is 12.5 Å². The summed E-state index contributed by atoms with van der Waals surface area (Å²) in [5, 5.41) is 11.2. The average Bonchev–Trinajstić information content (AvgIpc) is 3.06. The molecular weight excluding hydrogens is 252 g/mol. The Morgan fingerprint density at radius 1 is 1.56 bits per heavy atom. The summed E-state index contributed by atoms with van der Waals surface area (Å²) in [5.41, 5.74) is 3.90. The lowest BCUT2D eigenvalue weighted by Gasteiger charge is -2.03. The van der Waals surface area contributed by atoms with Gasteiger partial charge in [0.25, 0.3) is 10.0 Å². The van der Waals surface area contributed by atoms with Crippen LogP contribution in [-0.2, 0) is 10.0 Å². The van der Waals surface area contributed by atoms with Crippen molar-refractivity contribution in [3.63, 3.8) is 0 Å². The Balaban J connectivity index is 2.43. The highest BCUT2D eigenvalue weighted by molar-refractivity contribution is 7.90. The van der Waals surface area contributed by atoms with Gasteiger partial charge in [-0.1, -0.05) is 18.8 Å². The van der Waals surface area contributed by atoms with Crippen molar-refractivity contribution in [3.8, 4) is 11.8 Å². The molecule has 0 aromatic heterocycles. The van der Waals surface area contributed by atoms with Crippen LogP contribution in [0.4, 0.5) is 0 Å². The number of quaternary nitrogens is 1. The Labute approximate surface area is 109 Å². The van der Waals surface area contributed by atoms with E-state index >= 15 is 0 Å². The lowest BCUT2D eigenvalue weighted by molar-refractivity contribution is -0.421. The summed E-state index contributed by atoms with van der Waals surface area (Å²) in [4.78, 5) is 0. The van der Waals surface area contributed by atoms with Crippen molar-refractivity contribution >= 4 is 15.9 Å². The SMILES string of the molecule is CCC([NH3+])CCC#C/C([O-])=N/S(=O)(=O)CC1CC1. The molecule has 0 heterocycles. The first kappa shape index (κ1) is 15.0. The van der Waals surface area contributed by atoms with Crippen LogP contribution in [0.25, 0.3) is 0 Å². The fraction of sp³-hybridized carbons (Fsp3) is 0.750. The zero-order valence-electron chi connectivity index (χ0n) is 10.7. The minimum Gasteiger partial charge on any atom is -0.852 e. The lowest BCUT2D eigenvalue weighted by Crippen LogP contribution is -2.60. The van der Waals surface area contributed by atoms with Crippen molar-refractivity contribution in [2.24, 2.45) is 10.3 Å². The second-order valence-electron chi connectivity index (χ2n) is 4.70. The molecule has 1 atom stereocenters. The van der Waals surface area contributed by atoms with Crippen molar-refractivity contribution in [2.75, 3.05) is 5.75 Å². The van der Waals surface area contributed by atoms with Gasteiger partial charge in [-0.3, -0.25) is 0 Å². The van der Waals surface area contributed by atoms with Gasteiger partial charge >= 0.3 is 0 Å². The van der Waals surface area contributed by atoms with Gasteiger partial charge in [0.05, 0.1) is 17.7 Å². The monoisotopic (exact) mass is 272 g/mol. The maximum Gasteiger partial charge on any atom is 0.253 e. The second kappa shape index (κ2) is 6.76. The molecule has 1 rings (SSSR count). The van der Waals surface area contributed by atoms with Gasteiger partial charge in [0.2, 0.25) is 0 Å². The van der Waals surface area contributed by atoms with E-state index in [2.05, 4.69) is 22.0 Å². The van der Waals surface area contributed by atoms with E-state index in [1.807, 2.05) is 6.92 Å². The molecule has 3 N–H and O–H groups in total. The first-order valence-electron chi connectivity index (χ1n) is 6.24. The van der Waals surface area contributed by atoms with Gasteiger partial charge in [0, 0.05) is 12.8 Å². The van der Waals surface area contributed by atoms with Crippen LogP contribution >= 0.6 is 0 Å². The predicted octanol–water partition coefficient (Wildman–Crippen LogP) is -0.711. The molecule has 0 bridgehead atoms. The number of sulfonamides is 1. The van der Waals surface area contributed by atoms with Crippen molar-refractivity contribution in [1.82, 2.24) is 0 Å². The fourth-order valence-corrected chi connectivity index (χ4v) is 2.69. The third kappa shape index (κ3) is 6.62. The van der Waals surface area contributed by atoms with Gasteiger partial charge in [0.1, 0.15) is 0 Å². The lowest BCUT2D eigenvalue weighted by atomic mass is 10.1. The molecule has 0 amide bonds. The Morgan fingerprint density at radius 2 is 2.22 bits per heavy atom. The molecule has 0 aromatic carbocycles. The molecule has 1 aliphatic carbocycles. The van der Waals surface area contributed by atoms with E-state index in [4.69, 9.17) is 0 Å². The van der Waals surface area contributed by atoms with Gasteiger partial charge < -0.3 is 10.8 Å². The standard InChI is InChI=1S/C12H20N2O3S/c1-2-11(13)5-3-4-6-12(15)14-18(16,17)9-10-7-8-10/h10-11H,2-3,5,7-9,13H2,1H3,(H,14,15). The normalized spacial score (nSPS) is 18.0. The molecule has 1 saturated carbocycles. The quantitative estimate of drug-likeness (QED) is 0.393. The van der Waals surface area contributed by atoms with Gasteiger partial charge in [-0.2, -0.15) is 4.40 Å². The summed E-state index contributed by atoms with van der Waals surface area (Å²) < 4.78 is 26.0. The molecule has 0 spiro atoms. The highest BCUT2D eigenvalue weighted by Crippen LogP contribution is 2.30. The Morgan fingerprint density at radius 3 is 2.78 bits per heavy atom. The summed E-state index contributed by atoms with van der Waals surface area (Å²) in [5.74, 6) is 4.21. The second-order valence-corrected chi connectivity index (χ2v) is 6.38. The molecule has 0 aromatic rings. The molecule has 1 fully saturated rings. The highest BCUT2D eigenvalue weighted by Gasteiger charge is 2.27. The van der Waals surface area contributed by atoms with Crippen LogP contribution in [0.5, 0.6) is 0 Å². The first-order valence-corrected chi connectivity index (χ1v) is 7.85. The molecule has 1 unspecified atom stereocenters. The van der Waals surface area contributed by atoms with Crippen molar-refractivity contribution in [3.05, 3.63) is 0 Å². The molecule has 18 heavy (non-hydrogen) atoms. The van der Waals surface area contributed by atoms with Crippen LogP contribution < -0.4 is 10.8 Å². The smallest absolute Gasteiger partial charge is 0.253 e. The minimum absolute atomic E-state index is 0.0167. The number of nitrogens with zero attached hydrogens (tertiary/aromatic N) is 1. The summed E-state index contributed by atoms with van der Waals surface area (Å²) in [7, 11) is -3.62. The van der Waals surface area contributed by atoms with E-state index in [1.54, 1.807) is 0 Å². The predicted molar refractivity (Wildman–Crippen MR) is 67.9 cm³/mol. The van der Waals surface area contributed by atoms with Gasteiger partial charge in [-0.25, -0.2) is 8.42 Å². The maximum atomic E-state index is 11.4. The zero-order valence-corrected chi connectivity index (χ0v) is 11.5. The zero-order chi connectivity index (χ0) is 13.6. The van der Waals surface area contributed by atoms with E-state index in [-0.39, 0.29) is 11.7 Å². The average molecular weight is 272 g/mol. The summed E-state index contributed by atoms with van der Waals surface area (Å²) in [6.45, 7) is 2.04. The molecule has 0 aliphatic heterocycles. The van der Waals surface area contributed by atoms with Crippen molar-refractivity contribution in [1.29, 1.82) is 0 Å². The largest absolute Gasteiger partial charge is 0.852 e. The number of rotatable bonds is 6. The van der Waals surface area contributed by atoms with E-state index < -0.39 is 15.9 Å². The van der Waals surface area contributed by atoms with Gasteiger partial charge in [0.15, 0.2) is 0 Å². The van der Waals surface area contributed by atoms with Crippen LogP contribution in [0.15, 0.2) is 4.40 Å². The molecular formula is C12H20N2O3S. The van der Waals surface area contributed by atoms with Crippen LogP contribution in [0.3, 0.4) is 0 Å². The maximum absolute atomic E-state index is 11.4. The third-order valence-electron chi connectivity index (χ3n) is 2.82. The van der Waals surface area contributed by atoms with E-state index in [0.717, 1.165) is 25.7 Å². The molecule has 6 heteroatoms. The Hall–Kier alpha value is -1.06. The van der Waals surface area contributed by atoms with Crippen molar-refractivity contribution < 1.29 is 19.3 Å². The summed E-state index contributed by atoms with van der Waals surface area (Å²) in [6.07, 6.45) is 4.15. The number of hydrogen-bond donors (Lipinski definition) is 1.